The Kier molecular flexibility index (Phi) is 7.65. The van der Waals surface area contributed by atoms with E-state index in [1.165, 1.54) is 5.56 Å². The van der Waals surface area contributed by atoms with E-state index in [4.69, 9.17) is 4.74 Å². The van der Waals surface area contributed by atoms with E-state index in [0.29, 0.717) is 6.54 Å². The van der Waals surface area contributed by atoms with Crippen LogP contribution in [0.15, 0.2) is 42.5 Å². The molecule has 0 saturated carbocycles. The van der Waals surface area contributed by atoms with Crippen molar-refractivity contribution in [3.63, 3.8) is 0 Å². The number of nitrogens with zero attached hydrogens (tertiary/aromatic N) is 1. The van der Waals surface area contributed by atoms with Crippen molar-refractivity contribution in [1.82, 2.24) is 10.2 Å². The summed E-state index contributed by atoms with van der Waals surface area (Å²) < 4.78 is 5.22. The molecule has 0 radical (unpaired) electrons. The fraction of sp³-hybridized carbons (Fsp3) is 0.440. The molecule has 162 valence electrons. The van der Waals surface area contributed by atoms with Gasteiger partial charge in [0, 0.05) is 12.1 Å². The zero-order valence-electron chi connectivity index (χ0n) is 19.2. The Balaban J connectivity index is 2.26. The fourth-order valence-corrected chi connectivity index (χ4v) is 3.17. The highest BCUT2D eigenvalue weighted by Crippen LogP contribution is 2.17. The van der Waals surface area contributed by atoms with Gasteiger partial charge in [0.1, 0.15) is 11.8 Å². The van der Waals surface area contributed by atoms with Gasteiger partial charge in [0.25, 0.3) is 0 Å². The molecular formula is C25H34N2O3. The number of aryl methyl sites for hydroxylation is 2. The summed E-state index contributed by atoms with van der Waals surface area (Å²) in [7, 11) is 1.62. The SMILES string of the molecule is COc1ccc(CN(C(=O)Cc2ccc(C)c(C)c2)C(C)C(=O)NC(C)(C)C)cc1. The highest BCUT2D eigenvalue weighted by molar-refractivity contribution is 5.88. The van der Waals surface area contributed by atoms with Gasteiger partial charge >= 0.3 is 0 Å². The van der Waals surface area contributed by atoms with Gasteiger partial charge in [0.15, 0.2) is 0 Å². The second kappa shape index (κ2) is 9.79. The van der Waals surface area contributed by atoms with Gasteiger partial charge in [-0.2, -0.15) is 0 Å². The third kappa shape index (κ3) is 6.61. The van der Waals surface area contributed by atoms with Crippen molar-refractivity contribution in [3.8, 4) is 5.75 Å². The molecule has 5 nitrogen and oxygen atoms in total. The van der Waals surface area contributed by atoms with Crippen LogP contribution in [0.1, 0.15) is 49.9 Å². The van der Waals surface area contributed by atoms with Crippen molar-refractivity contribution in [1.29, 1.82) is 0 Å². The Morgan fingerprint density at radius 1 is 1.00 bits per heavy atom. The molecule has 0 aliphatic heterocycles. The quantitative estimate of drug-likeness (QED) is 0.745. The summed E-state index contributed by atoms with van der Waals surface area (Å²) in [6, 6.07) is 13.0. The molecule has 0 heterocycles. The number of hydrogen-bond acceptors (Lipinski definition) is 3. The first kappa shape index (κ1) is 23.5. The molecule has 0 aliphatic rings. The molecule has 0 aliphatic carbocycles. The minimum absolute atomic E-state index is 0.0781. The summed E-state index contributed by atoms with van der Waals surface area (Å²) in [6.07, 6.45) is 0.254. The molecule has 2 amide bonds. The van der Waals surface area contributed by atoms with Crippen LogP contribution in [0.5, 0.6) is 5.75 Å². The van der Waals surface area contributed by atoms with Crippen molar-refractivity contribution in [2.45, 2.75) is 66.1 Å². The summed E-state index contributed by atoms with van der Waals surface area (Å²) in [5.74, 6) is 0.514. The van der Waals surface area contributed by atoms with E-state index in [1.807, 2.05) is 70.2 Å². The maximum Gasteiger partial charge on any atom is 0.242 e. The van der Waals surface area contributed by atoms with Gasteiger partial charge in [-0.25, -0.2) is 0 Å². The van der Waals surface area contributed by atoms with Gasteiger partial charge in [0.2, 0.25) is 11.8 Å². The van der Waals surface area contributed by atoms with Crippen LogP contribution in [0.2, 0.25) is 0 Å². The fourth-order valence-electron chi connectivity index (χ4n) is 3.17. The van der Waals surface area contributed by atoms with Crippen LogP contribution in [0.4, 0.5) is 0 Å². The molecule has 1 atom stereocenters. The summed E-state index contributed by atoms with van der Waals surface area (Å²) >= 11 is 0. The highest BCUT2D eigenvalue weighted by Gasteiger charge is 2.28. The molecule has 2 aromatic carbocycles. The zero-order chi connectivity index (χ0) is 22.5. The number of ether oxygens (including phenoxy) is 1. The molecule has 2 aromatic rings. The van der Waals surface area contributed by atoms with Crippen molar-refractivity contribution in [2.24, 2.45) is 0 Å². The number of hydrogen-bond donors (Lipinski definition) is 1. The highest BCUT2D eigenvalue weighted by atomic mass is 16.5. The van der Waals surface area contributed by atoms with Gasteiger partial charge < -0.3 is 15.0 Å². The molecule has 1 N–H and O–H groups in total. The Morgan fingerprint density at radius 3 is 2.13 bits per heavy atom. The standard InChI is InChI=1S/C25H34N2O3/c1-17-8-9-21(14-18(17)2)15-23(28)27(19(3)24(29)26-25(4,5)6)16-20-10-12-22(30-7)13-11-20/h8-14,19H,15-16H2,1-7H3,(H,26,29). The number of carbonyl (C=O) groups is 2. The predicted octanol–water partition coefficient (Wildman–Crippen LogP) is 4.19. The molecule has 0 saturated heterocycles. The van der Waals surface area contributed by atoms with Crippen LogP contribution in [-0.2, 0) is 22.6 Å². The van der Waals surface area contributed by atoms with Crippen molar-refractivity contribution < 1.29 is 14.3 Å². The first-order valence-electron chi connectivity index (χ1n) is 10.3. The molecule has 0 fully saturated rings. The van der Waals surface area contributed by atoms with Crippen LogP contribution >= 0.6 is 0 Å². The largest absolute Gasteiger partial charge is 0.497 e. The third-order valence-electron chi connectivity index (χ3n) is 5.10. The zero-order valence-corrected chi connectivity index (χ0v) is 19.2. The molecule has 0 bridgehead atoms. The smallest absolute Gasteiger partial charge is 0.242 e. The van der Waals surface area contributed by atoms with E-state index in [0.717, 1.165) is 22.4 Å². The van der Waals surface area contributed by atoms with Crippen molar-refractivity contribution in [2.75, 3.05) is 7.11 Å². The van der Waals surface area contributed by atoms with E-state index >= 15 is 0 Å². The second-order valence-electron chi connectivity index (χ2n) is 8.88. The van der Waals surface area contributed by atoms with Crippen molar-refractivity contribution in [3.05, 3.63) is 64.7 Å². The minimum Gasteiger partial charge on any atom is -0.497 e. The summed E-state index contributed by atoms with van der Waals surface area (Å²) in [5.41, 5.74) is 3.87. The lowest BCUT2D eigenvalue weighted by atomic mass is 10.0. The number of benzene rings is 2. The molecule has 0 aromatic heterocycles. The van der Waals surface area contributed by atoms with Gasteiger partial charge in [-0.3, -0.25) is 9.59 Å². The van der Waals surface area contributed by atoms with Gasteiger partial charge in [-0.15, -0.1) is 0 Å². The van der Waals surface area contributed by atoms with Crippen LogP contribution in [0, 0.1) is 13.8 Å². The lowest BCUT2D eigenvalue weighted by Crippen LogP contribution is -2.52. The number of carbonyl (C=O) groups excluding carboxylic acids is 2. The molecule has 2 rings (SSSR count). The number of amides is 2. The van der Waals surface area contributed by atoms with Crippen LogP contribution < -0.4 is 10.1 Å². The topological polar surface area (TPSA) is 58.6 Å². The summed E-state index contributed by atoms with van der Waals surface area (Å²) in [5, 5.41) is 2.99. The van der Waals surface area contributed by atoms with Crippen molar-refractivity contribution >= 4 is 11.8 Å². The number of rotatable bonds is 7. The molecule has 0 spiro atoms. The first-order chi connectivity index (χ1) is 14.0. The molecule has 1 unspecified atom stereocenters. The van der Waals surface area contributed by atoms with Gasteiger partial charge in [-0.05, 0) is 75.9 Å². The molecule has 5 heteroatoms. The summed E-state index contributed by atoms with van der Waals surface area (Å²) in [6.45, 7) is 12.0. The lowest BCUT2D eigenvalue weighted by Gasteiger charge is -2.31. The Bertz CT molecular complexity index is 882. The summed E-state index contributed by atoms with van der Waals surface area (Å²) in [4.78, 5) is 27.7. The monoisotopic (exact) mass is 410 g/mol. The van der Waals surface area contributed by atoms with E-state index < -0.39 is 6.04 Å². The van der Waals surface area contributed by atoms with E-state index in [2.05, 4.69) is 12.2 Å². The molecular weight excluding hydrogens is 376 g/mol. The van der Waals surface area contributed by atoms with Gasteiger partial charge in [-0.1, -0.05) is 30.3 Å². The van der Waals surface area contributed by atoms with E-state index in [1.54, 1.807) is 18.9 Å². The van der Waals surface area contributed by atoms with E-state index in [9.17, 15) is 9.59 Å². The predicted molar refractivity (Wildman–Crippen MR) is 121 cm³/mol. The maximum absolute atomic E-state index is 13.3. The Labute approximate surface area is 180 Å². The number of nitrogens with one attached hydrogen (secondary N) is 1. The maximum atomic E-state index is 13.3. The Hall–Kier alpha value is -2.82. The molecule has 30 heavy (non-hydrogen) atoms. The third-order valence-corrected chi connectivity index (χ3v) is 5.10. The normalized spacial score (nSPS) is 12.2. The minimum atomic E-state index is -0.592. The van der Waals surface area contributed by atoms with Crippen LogP contribution in [0.3, 0.4) is 0 Å². The van der Waals surface area contributed by atoms with E-state index in [-0.39, 0.29) is 23.8 Å². The first-order valence-corrected chi connectivity index (χ1v) is 10.3. The lowest BCUT2D eigenvalue weighted by molar-refractivity contribution is -0.140. The average Bonchev–Trinajstić information content (AvgIpc) is 2.67. The Morgan fingerprint density at radius 2 is 1.60 bits per heavy atom. The van der Waals surface area contributed by atoms with Gasteiger partial charge in [0.05, 0.1) is 13.5 Å². The van der Waals surface area contributed by atoms with Crippen LogP contribution in [0.25, 0.3) is 0 Å². The number of methoxy groups -OCH3 is 1. The average molecular weight is 411 g/mol. The van der Waals surface area contributed by atoms with Crippen LogP contribution in [-0.4, -0.2) is 35.4 Å². The second-order valence-corrected chi connectivity index (χ2v) is 8.88.